The van der Waals surface area contributed by atoms with Crippen LogP contribution in [0.5, 0.6) is 0 Å². The molecule has 0 spiro atoms. The van der Waals surface area contributed by atoms with Gasteiger partial charge in [0, 0.05) is 32.9 Å². The molecule has 0 saturated carbocycles. The molecule has 0 aliphatic carbocycles. The van der Waals surface area contributed by atoms with Gasteiger partial charge in [0.15, 0.2) is 5.82 Å². The lowest BCUT2D eigenvalue weighted by atomic mass is 10.1. The van der Waals surface area contributed by atoms with E-state index in [-0.39, 0.29) is 29.9 Å². The molecule has 1 aliphatic heterocycles. The summed E-state index contributed by atoms with van der Waals surface area (Å²) in [6.07, 6.45) is 5.10. The second kappa shape index (κ2) is 11.6. The van der Waals surface area contributed by atoms with E-state index >= 15 is 0 Å². The van der Waals surface area contributed by atoms with Gasteiger partial charge in [0.05, 0.1) is 24.7 Å². The fraction of sp³-hybridized carbons (Fsp3) is 0.520. The molecule has 196 valence electrons. The standard InChI is InChI=1S/C25H34F2N6O3/c1-25(2,15-32-7-5-6-8-32)33-14-21(28-16-33)30-24(36)20(13-23(35)31(3)4)29-22(34)11-17-9-18(26)12-19(27)10-17/h9-10,12,14,16,20H,5-8,11,13,15H2,1-4H3,(H,29,34)(H,30,36)/t20-/m0/s1. The fourth-order valence-corrected chi connectivity index (χ4v) is 4.21. The van der Waals surface area contributed by atoms with Crippen molar-refractivity contribution in [2.24, 2.45) is 0 Å². The van der Waals surface area contributed by atoms with Gasteiger partial charge in [-0.15, -0.1) is 0 Å². The molecule has 3 amide bonds. The van der Waals surface area contributed by atoms with Crippen molar-refractivity contribution < 1.29 is 23.2 Å². The molecule has 1 fully saturated rings. The number of imidazole rings is 1. The molecule has 0 radical (unpaired) electrons. The Balaban J connectivity index is 1.68. The fourth-order valence-electron chi connectivity index (χ4n) is 4.21. The molecule has 0 bridgehead atoms. The van der Waals surface area contributed by atoms with Crippen molar-refractivity contribution >= 4 is 23.5 Å². The molecule has 1 aromatic carbocycles. The van der Waals surface area contributed by atoms with Gasteiger partial charge in [0.1, 0.15) is 17.7 Å². The Morgan fingerprint density at radius 1 is 1.11 bits per heavy atom. The first-order chi connectivity index (χ1) is 16.9. The molecule has 1 atom stereocenters. The Bertz CT molecular complexity index is 1070. The van der Waals surface area contributed by atoms with E-state index in [0.717, 1.165) is 31.8 Å². The van der Waals surface area contributed by atoms with Crippen molar-refractivity contribution in [2.45, 2.75) is 51.1 Å². The maximum absolute atomic E-state index is 13.5. The summed E-state index contributed by atoms with van der Waals surface area (Å²) in [6, 6.07) is 1.59. The summed E-state index contributed by atoms with van der Waals surface area (Å²) in [5.41, 5.74) is -0.142. The number of nitrogens with one attached hydrogen (secondary N) is 2. The van der Waals surface area contributed by atoms with Crippen LogP contribution >= 0.6 is 0 Å². The topological polar surface area (TPSA) is 99.6 Å². The molecule has 1 saturated heterocycles. The van der Waals surface area contributed by atoms with Gasteiger partial charge in [-0.25, -0.2) is 13.8 Å². The number of benzene rings is 1. The maximum atomic E-state index is 13.5. The van der Waals surface area contributed by atoms with E-state index in [2.05, 4.69) is 34.4 Å². The summed E-state index contributed by atoms with van der Waals surface area (Å²) in [4.78, 5) is 45.9. The van der Waals surface area contributed by atoms with Gasteiger partial charge >= 0.3 is 0 Å². The van der Waals surface area contributed by atoms with Gasteiger partial charge in [-0.05, 0) is 57.5 Å². The van der Waals surface area contributed by atoms with Crippen molar-refractivity contribution in [1.29, 1.82) is 0 Å². The number of rotatable bonds is 10. The first-order valence-corrected chi connectivity index (χ1v) is 11.9. The third-order valence-corrected chi connectivity index (χ3v) is 6.16. The quantitative estimate of drug-likeness (QED) is 0.517. The molecule has 9 nitrogen and oxygen atoms in total. The van der Waals surface area contributed by atoms with E-state index in [1.807, 2.05) is 4.57 Å². The third kappa shape index (κ3) is 7.58. The highest BCUT2D eigenvalue weighted by Crippen LogP contribution is 2.21. The van der Waals surface area contributed by atoms with E-state index in [4.69, 9.17) is 0 Å². The van der Waals surface area contributed by atoms with Crippen molar-refractivity contribution in [3.05, 3.63) is 47.9 Å². The average Bonchev–Trinajstić information content (AvgIpc) is 3.44. The van der Waals surface area contributed by atoms with Crippen LogP contribution in [0.15, 0.2) is 30.7 Å². The van der Waals surface area contributed by atoms with E-state index in [0.29, 0.717) is 11.9 Å². The second-order valence-electron chi connectivity index (χ2n) is 10.0. The monoisotopic (exact) mass is 504 g/mol. The van der Waals surface area contributed by atoms with Gasteiger partial charge in [-0.3, -0.25) is 14.4 Å². The van der Waals surface area contributed by atoms with Crippen molar-refractivity contribution in [3.63, 3.8) is 0 Å². The zero-order chi connectivity index (χ0) is 26.5. The van der Waals surface area contributed by atoms with Crippen LogP contribution in [-0.2, 0) is 26.3 Å². The number of halogens is 2. The van der Waals surface area contributed by atoms with E-state index in [1.165, 1.54) is 17.7 Å². The lowest BCUT2D eigenvalue weighted by molar-refractivity contribution is -0.133. The van der Waals surface area contributed by atoms with Crippen LogP contribution in [0.3, 0.4) is 0 Å². The molecule has 2 N–H and O–H groups in total. The number of nitrogens with zero attached hydrogens (tertiary/aromatic N) is 4. The normalized spacial score (nSPS) is 14.9. The third-order valence-electron chi connectivity index (χ3n) is 6.16. The van der Waals surface area contributed by atoms with E-state index in [9.17, 15) is 23.2 Å². The van der Waals surface area contributed by atoms with Gasteiger partial charge in [0.2, 0.25) is 17.7 Å². The minimum atomic E-state index is -1.20. The Morgan fingerprint density at radius 3 is 2.36 bits per heavy atom. The molecular weight excluding hydrogens is 470 g/mol. The summed E-state index contributed by atoms with van der Waals surface area (Å²) in [5.74, 6) is -2.96. The number of carbonyl (C=O) groups excluding carboxylic acids is 3. The zero-order valence-electron chi connectivity index (χ0n) is 21.2. The van der Waals surface area contributed by atoms with Crippen LogP contribution in [0.25, 0.3) is 0 Å². The Kier molecular flexibility index (Phi) is 8.78. The molecule has 1 aliphatic rings. The number of hydrogen-bond acceptors (Lipinski definition) is 5. The zero-order valence-corrected chi connectivity index (χ0v) is 21.2. The smallest absolute Gasteiger partial charge is 0.248 e. The lowest BCUT2D eigenvalue weighted by Crippen LogP contribution is -2.47. The highest BCUT2D eigenvalue weighted by Gasteiger charge is 2.28. The van der Waals surface area contributed by atoms with Crippen molar-refractivity contribution in [3.8, 4) is 0 Å². The number of likely N-dealkylation sites (tertiary alicyclic amines) is 1. The summed E-state index contributed by atoms with van der Waals surface area (Å²) >= 11 is 0. The molecule has 0 unspecified atom stereocenters. The molecule has 2 heterocycles. The predicted molar refractivity (Wildman–Crippen MR) is 131 cm³/mol. The van der Waals surface area contributed by atoms with Gasteiger partial charge in [-0.1, -0.05) is 0 Å². The van der Waals surface area contributed by atoms with Crippen LogP contribution in [0.2, 0.25) is 0 Å². The van der Waals surface area contributed by atoms with E-state index < -0.39 is 29.5 Å². The number of aromatic nitrogens is 2. The first-order valence-electron chi connectivity index (χ1n) is 11.9. The summed E-state index contributed by atoms with van der Waals surface area (Å²) in [5, 5.41) is 5.18. The molecule has 36 heavy (non-hydrogen) atoms. The van der Waals surface area contributed by atoms with Crippen LogP contribution < -0.4 is 10.6 Å². The number of amides is 3. The Hall–Kier alpha value is -3.34. The van der Waals surface area contributed by atoms with Crippen LogP contribution in [-0.4, -0.2) is 76.8 Å². The number of hydrogen-bond donors (Lipinski definition) is 2. The molecule has 3 rings (SSSR count). The SMILES string of the molecule is CN(C)C(=O)C[C@H](NC(=O)Cc1cc(F)cc(F)c1)C(=O)Nc1cn(C(C)(C)CN2CCCC2)cn1. The van der Waals surface area contributed by atoms with Crippen molar-refractivity contribution in [1.82, 2.24) is 24.7 Å². The van der Waals surface area contributed by atoms with Gasteiger partial charge in [-0.2, -0.15) is 0 Å². The number of anilines is 1. The number of carbonyl (C=O) groups is 3. The minimum absolute atomic E-state index is 0.113. The minimum Gasteiger partial charge on any atom is -0.349 e. The molecular formula is C25H34F2N6O3. The first kappa shape index (κ1) is 27.3. The molecule has 1 aromatic heterocycles. The van der Waals surface area contributed by atoms with Crippen LogP contribution in [0, 0.1) is 11.6 Å². The average molecular weight is 505 g/mol. The van der Waals surface area contributed by atoms with E-state index in [1.54, 1.807) is 26.6 Å². The summed E-state index contributed by atoms with van der Waals surface area (Å²) < 4.78 is 28.9. The lowest BCUT2D eigenvalue weighted by Gasteiger charge is -2.31. The summed E-state index contributed by atoms with van der Waals surface area (Å²) in [7, 11) is 3.08. The maximum Gasteiger partial charge on any atom is 0.248 e. The Labute approximate surface area is 209 Å². The second-order valence-corrected chi connectivity index (χ2v) is 10.0. The predicted octanol–water partition coefficient (Wildman–Crippen LogP) is 2.14. The largest absolute Gasteiger partial charge is 0.349 e. The Morgan fingerprint density at radius 2 is 1.75 bits per heavy atom. The highest BCUT2D eigenvalue weighted by atomic mass is 19.1. The van der Waals surface area contributed by atoms with Crippen LogP contribution in [0.4, 0.5) is 14.6 Å². The van der Waals surface area contributed by atoms with Crippen LogP contribution in [0.1, 0.15) is 38.7 Å². The summed E-state index contributed by atoms with van der Waals surface area (Å²) in [6.45, 7) is 7.14. The van der Waals surface area contributed by atoms with Gasteiger partial charge < -0.3 is 25.0 Å². The highest BCUT2D eigenvalue weighted by molar-refractivity contribution is 5.99. The van der Waals surface area contributed by atoms with Crippen molar-refractivity contribution in [2.75, 3.05) is 39.0 Å². The molecule has 11 heteroatoms. The molecule has 2 aromatic rings. The van der Waals surface area contributed by atoms with Gasteiger partial charge in [0.25, 0.3) is 0 Å².